The summed E-state index contributed by atoms with van der Waals surface area (Å²) in [5.74, 6) is -0.277. The minimum absolute atomic E-state index is 0.0959. The van der Waals surface area contributed by atoms with Crippen molar-refractivity contribution >= 4 is 5.91 Å². The number of para-hydroxylation sites is 1. The van der Waals surface area contributed by atoms with E-state index in [-0.39, 0.29) is 18.3 Å². The van der Waals surface area contributed by atoms with Crippen molar-refractivity contribution in [3.8, 4) is 5.69 Å². The summed E-state index contributed by atoms with van der Waals surface area (Å²) in [6.07, 6.45) is 2.79. The standard InChI is InChI=1S/C15H20N4O2/c1-3-15(4-2,10-20)17-14(21)13-16-11-19(18-13)12-8-6-5-7-9-12/h5-9,11,20H,3-4,10H2,1-2H3,(H,17,21). The van der Waals surface area contributed by atoms with E-state index >= 15 is 0 Å². The Morgan fingerprint density at radius 1 is 1.29 bits per heavy atom. The molecule has 6 heteroatoms. The van der Waals surface area contributed by atoms with E-state index in [1.165, 1.54) is 6.33 Å². The first-order valence-electron chi connectivity index (χ1n) is 7.04. The molecule has 0 fully saturated rings. The fourth-order valence-electron chi connectivity index (χ4n) is 2.06. The molecule has 2 aromatic rings. The monoisotopic (exact) mass is 288 g/mol. The maximum atomic E-state index is 12.2. The van der Waals surface area contributed by atoms with Gasteiger partial charge in [0.1, 0.15) is 6.33 Å². The number of hydrogen-bond acceptors (Lipinski definition) is 4. The van der Waals surface area contributed by atoms with Crippen LogP contribution in [0.15, 0.2) is 36.7 Å². The van der Waals surface area contributed by atoms with Crippen molar-refractivity contribution in [1.29, 1.82) is 0 Å². The molecule has 0 unspecified atom stereocenters. The number of aliphatic hydroxyl groups is 1. The van der Waals surface area contributed by atoms with Crippen molar-refractivity contribution in [3.05, 3.63) is 42.5 Å². The normalized spacial score (nSPS) is 11.4. The van der Waals surface area contributed by atoms with Crippen LogP contribution in [0.5, 0.6) is 0 Å². The van der Waals surface area contributed by atoms with Crippen molar-refractivity contribution in [2.45, 2.75) is 32.2 Å². The zero-order valence-electron chi connectivity index (χ0n) is 12.3. The van der Waals surface area contributed by atoms with Crippen molar-refractivity contribution in [2.24, 2.45) is 0 Å². The molecule has 0 spiro atoms. The van der Waals surface area contributed by atoms with Crippen LogP contribution in [0.25, 0.3) is 5.69 Å². The highest BCUT2D eigenvalue weighted by molar-refractivity contribution is 5.90. The highest BCUT2D eigenvalue weighted by Gasteiger charge is 2.28. The van der Waals surface area contributed by atoms with Crippen LogP contribution in [0, 0.1) is 0 Å². The molecule has 0 aliphatic heterocycles. The summed E-state index contributed by atoms with van der Waals surface area (Å²) in [7, 11) is 0. The zero-order chi connectivity index (χ0) is 15.3. The number of hydrogen-bond donors (Lipinski definition) is 2. The van der Waals surface area contributed by atoms with Crippen LogP contribution < -0.4 is 5.32 Å². The Balaban J connectivity index is 2.16. The SMILES string of the molecule is CCC(CC)(CO)NC(=O)c1ncn(-c2ccccc2)n1. The molecule has 112 valence electrons. The molecule has 0 saturated carbocycles. The molecule has 1 amide bonds. The molecule has 0 aliphatic rings. The third-order valence-corrected chi connectivity index (χ3v) is 3.75. The summed E-state index contributed by atoms with van der Waals surface area (Å²) in [5.41, 5.74) is 0.221. The van der Waals surface area contributed by atoms with Crippen molar-refractivity contribution in [2.75, 3.05) is 6.61 Å². The number of benzene rings is 1. The molecule has 0 bridgehead atoms. The van der Waals surface area contributed by atoms with E-state index in [1.54, 1.807) is 4.68 Å². The van der Waals surface area contributed by atoms with Crippen LogP contribution in [-0.2, 0) is 0 Å². The van der Waals surface area contributed by atoms with Gasteiger partial charge in [0.25, 0.3) is 5.91 Å². The second-order valence-electron chi connectivity index (χ2n) is 4.95. The number of carbonyl (C=O) groups is 1. The lowest BCUT2D eigenvalue weighted by molar-refractivity contribution is 0.0807. The van der Waals surface area contributed by atoms with E-state index in [9.17, 15) is 9.90 Å². The second-order valence-corrected chi connectivity index (χ2v) is 4.95. The summed E-state index contributed by atoms with van der Waals surface area (Å²) in [6, 6.07) is 9.45. The van der Waals surface area contributed by atoms with Gasteiger partial charge in [-0.05, 0) is 25.0 Å². The number of amides is 1. The van der Waals surface area contributed by atoms with Gasteiger partial charge in [-0.25, -0.2) is 9.67 Å². The van der Waals surface area contributed by atoms with Gasteiger partial charge in [-0.3, -0.25) is 4.79 Å². The number of aromatic nitrogens is 3. The van der Waals surface area contributed by atoms with Crippen molar-refractivity contribution < 1.29 is 9.90 Å². The van der Waals surface area contributed by atoms with Gasteiger partial charge in [-0.15, -0.1) is 5.10 Å². The number of rotatable bonds is 6. The van der Waals surface area contributed by atoms with E-state index in [0.29, 0.717) is 12.8 Å². The Hall–Kier alpha value is -2.21. The fourth-order valence-corrected chi connectivity index (χ4v) is 2.06. The molecular formula is C15H20N4O2. The largest absolute Gasteiger partial charge is 0.394 e. The maximum Gasteiger partial charge on any atom is 0.291 e. The molecule has 1 heterocycles. The van der Waals surface area contributed by atoms with Crippen LogP contribution in [-0.4, -0.2) is 37.9 Å². The lowest BCUT2D eigenvalue weighted by Gasteiger charge is -2.30. The molecule has 0 radical (unpaired) electrons. The fraction of sp³-hybridized carbons (Fsp3) is 0.400. The predicted octanol–water partition coefficient (Wildman–Crippen LogP) is 1.55. The van der Waals surface area contributed by atoms with Gasteiger partial charge in [-0.1, -0.05) is 32.0 Å². The van der Waals surface area contributed by atoms with Crippen molar-refractivity contribution in [3.63, 3.8) is 0 Å². The summed E-state index contributed by atoms with van der Waals surface area (Å²) >= 11 is 0. The Morgan fingerprint density at radius 3 is 2.52 bits per heavy atom. The molecule has 0 aliphatic carbocycles. The van der Waals surface area contributed by atoms with Crippen LogP contribution in [0.4, 0.5) is 0 Å². The lowest BCUT2D eigenvalue weighted by Crippen LogP contribution is -2.50. The van der Waals surface area contributed by atoms with Crippen LogP contribution in [0.2, 0.25) is 0 Å². The average molecular weight is 288 g/mol. The summed E-state index contributed by atoms with van der Waals surface area (Å²) in [4.78, 5) is 16.3. The molecule has 2 N–H and O–H groups in total. The molecule has 1 aromatic carbocycles. The first kappa shape index (κ1) is 15.2. The quantitative estimate of drug-likeness (QED) is 0.845. The Kier molecular flexibility index (Phi) is 4.70. The smallest absolute Gasteiger partial charge is 0.291 e. The molecule has 6 nitrogen and oxygen atoms in total. The number of nitrogens with zero attached hydrogens (tertiary/aromatic N) is 3. The molecule has 21 heavy (non-hydrogen) atoms. The Morgan fingerprint density at radius 2 is 1.95 bits per heavy atom. The number of carbonyl (C=O) groups excluding carboxylic acids is 1. The van der Waals surface area contributed by atoms with Crippen LogP contribution in [0.1, 0.15) is 37.3 Å². The number of nitrogens with one attached hydrogen (secondary N) is 1. The van der Waals surface area contributed by atoms with E-state index in [2.05, 4.69) is 15.4 Å². The average Bonchev–Trinajstić information content (AvgIpc) is 3.04. The molecule has 2 rings (SSSR count). The van der Waals surface area contributed by atoms with Gasteiger partial charge in [0.15, 0.2) is 0 Å². The van der Waals surface area contributed by atoms with E-state index < -0.39 is 5.54 Å². The van der Waals surface area contributed by atoms with Gasteiger partial charge in [0.05, 0.1) is 17.8 Å². The second kappa shape index (κ2) is 6.49. The summed E-state index contributed by atoms with van der Waals surface area (Å²) in [6.45, 7) is 3.75. The topological polar surface area (TPSA) is 80.0 Å². The minimum Gasteiger partial charge on any atom is -0.394 e. The first-order chi connectivity index (χ1) is 10.1. The van der Waals surface area contributed by atoms with Gasteiger partial charge < -0.3 is 10.4 Å². The third kappa shape index (κ3) is 3.28. The Labute approximate surface area is 123 Å². The molecule has 1 aromatic heterocycles. The Bertz CT molecular complexity index is 582. The summed E-state index contributed by atoms with van der Waals surface area (Å²) < 4.78 is 1.55. The van der Waals surface area contributed by atoms with Crippen molar-refractivity contribution in [1.82, 2.24) is 20.1 Å². The van der Waals surface area contributed by atoms with Gasteiger partial charge >= 0.3 is 0 Å². The van der Waals surface area contributed by atoms with Crippen LogP contribution >= 0.6 is 0 Å². The van der Waals surface area contributed by atoms with E-state index in [4.69, 9.17) is 0 Å². The molecule has 0 saturated heterocycles. The summed E-state index contributed by atoms with van der Waals surface area (Å²) in [5, 5.41) is 16.5. The highest BCUT2D eigenvalue weighted by Crippen LogP contribution is 2.14. The minimum atomic E-state index is -0.616. The zero-order valence-corrected chi connectivity index (χ0v) is 12.3. The maximum absolute atomic E-state index is 12.2. The molecule has 0 atom stereocenters. The lowest BCUT2D eigenvalue weighted by atomic mass is 9.94. The first-order valence-corrected chi connectivity index (χ1v) is 7.04. The number of aliphatic hydroxyl groups excluding tert-OH is 1. The molecular weight excluding hydrogens is 268 g/mol. The highest BCUT2D eigenvalue weighted by atomic mass is 16.3. The van der Waals surface area contributed by atoms with Gasteiger partial charge in [-0.2, -0.15) is 0 Å². The van der Waals surface area contributed by atoms with Gasteiger partial charge in [0, 0.05) is 0 Å². The van der Waals surface area contributed by atoms with Crippen LogP contribution in [0.3, 0.4) is 0 Å². The van der Waals surface area contributed by atoms with E-state index in [0.717, 1.165) is 5.69 Å². The third-order valence-electron chi connectivity index (χ3n) is 3.75. The predicted molar refractivity (Wildman–Crippen MR) is 79.2 cm³/mol. The van der Waals surface area contributed by atoms with Gasteiger partial charge in [0.2, 0.25) is 5.82 Å². The van der Waals surface area contributed by atoms with E-state index in [1.807, 2.05) is 44.2 Å².